The van der Waals surface area contributed by atoms with E-state index < -0.39 is 0 Å². The zero-order chi connectivity index (χ0) is 15.1. The Morgan fingerprint density at radius 3 is 3.10 bits per heavy atom. The molecule has 118 valence electrons. The zero-order valence-corrected chi connectivity index (χ0v) is 13.5. The minimum atomic E-state index is 0.000443. The minimum Gasteiger partial charge on any atom is -0.395 e. The molecule has 6 heteroatoms. The second-order valence-electron chi connectivity index (χ2n) is 5.63. The van der Waals surface area contributed by atoms with Gasteiger partial charge in [-0.15, -0.1) is 11.3 Å². The fraction of sp³-hybridized carbons (Fsp3) is 0.733. The van der Waals surface area contributed by atoms with Gasteiger partial charge in [0.25, 0.3) is 0 Å². The number of likely N-dealkylation sites (tertiary alicyclic amines) is 1. The standard InChI is InChI=1S/C15H25N3O2S/c1-17-8-3-2-4-13(17)5-6-15(20)18(9-10-19)12-14-16-7-11-21-14/h7,11,13,19H,2-6,8-10,12H2,1H3/t13-/m1/s1. The quantitative estimate of drug-likeness (QED) is 0.833. The molecule has 5 nitrogen and oxygen atoms in total. The third-order valence-corrected chi connectivity index (χ3v) is 4.91. The number of hydrogen-bond acceptors (Lipinski definition) is 5. The number of nitrogens with zero attached hydrogens (tertiary/aromatic N) is 3. The maximum absolute atomic E-state index is 12.4. The number of aliphatic hydroxyl groups is 1. The van der Waals surface area contributed by atoms with Crippen molar-refractivity contribution in [1.82, 2.24) is 14.8 Å². The average molecular weight is 311 g/mol. The fourth-order valence-electron chi connectivity index (χ4n) is 2.86. The third-order valence-electron chi connectivity index (χ3n) is 4.15. The molecule has 1 saturated heterocycles. The summed E-state index contributed by atoms with van der Waals surface area (Å²) in [7, 11) is 2.15. The van der Waals surface area contributed by atoms with E-state index in [2.05, 4.69) is 16.9 Å². The summed E-state index contributed by atoms with van der Waals surface area (Å²) in [5.74, 6) is 0.123. The largest absolute Gasteiger partial charge is 0.395 e. The Morgan fingerprint density at radius 1 is 1.57 bits per heavy atom. The summed E-state index contributed by atoms with van der Waals surface area (Å²) in [6.07, 6.45) is 6.94. The number of piperidine rings is 1. The predicted molar refractivity (Wildman–Crippen MR) is 84.1 cm³/mol. The number of aliphatic hydroxyl groups excluding tert-OH is 1. The first kappa shape index (κ1) is 16.4. The molecule has 0 radical (unpaired) electrons. The molecule has 1 aliphatic rings. The Bertz CT molecular complexity index is 425. The third kappa shape index (κ3) is 5.05. The molecular weight excluding hydrogens is 286 g/mol. The lowest BCUT2D eigenvalue weighted by molar-refractivity contribution is -0.132. The molecular formula is C15H25N3O2S. The number of carbonyl (C=O) groups excluding carboxylic acids is 1. The first-order valence-corrected chi connectivity index (χ1v) is 8.56. The fourth-order valence-corrected chi connectivity index (χ4v) is 3.49. The van der Waals surface area contributed by atoms with Crippen LogP contribution in [-0.2, 0) is 11.3 Å². The second kappa shape index (κ2) is 8.46. The highest BCUT2D eigenvalue weighted by Gasteiger charge is 2.21. The number of hydrogen-bond donors (Lipinski definition) is 1. The molecule has 1 amide bonds. The highest BCUT2D eigenvalue weighted by molar-refractivity contribution is 7.09. The van der Waals surface area contributed by atoms with Crippen LogP contribution in [0.4, 0.5) is 0 Å². The summed E-state index contributed by atoms with van der Waals surface area (Å²) in [5, 5.41) is 12.0. The molecule has 0 aromatic carbocycles. The van der Waals surface area contributed by atoms with Gasteiger partial charge in [0, 0.05) is 30.6 Å². The Labute approximate surface area is 130 Å². The lowest BCUT2D eigenvalue weighted by Crippen LogP contribution is -2.38. The Hall–Kier alpha value is -0.980. The molecule has 2 heterocycles. The normalized spacial score (nSPS) is 19.6. The zero-order valence-electron chi connectivity index (χ0n) is 12.7. The Morgan fingerprint density at radius 2 is 2.43 bits per heavy atom. The van der Waals surface area contributed by atoms with Crippen molar-refractivity contribution in [3.63, 3.8) is 0 Å². The van der Waals surface area contributed by atoms with Crippen LogP contribution in [0, 0.1) is 0 Å². The molecule has 0 unspecified atom stereocenters. The van der Waals surface area contributed by atoms with Gasteiger partial charge >= 0.3 is 0 Å². The summed E-state index contributed by atoms with van der Waals surface area (Å²) in [6.45, 7) is 2.04. The van der Waals surface area contributed by atoms with Crippen molar-refractivity contribution < 1.29 is 9.90 Å². The van der Waals surface area contributed by atoms with Gasteiger partial charge in [-0.25, -0.2) is 4.98 Å². The van der Waals surface area contributed by atoms with E-state index in [1.54, 1.807) is 22.4 Å². The van der Waals surface area contributed by atoms with Crippen LogP contribution in [0.15, 0.2) is 11.6 Å². The minimum absolute atomic E-state index is 0.000443. The van der Waals surface area contributed by atoms with Crippen molar-refractivity contribution in [2.75, 3.05) is 26.7 Å². The van der Waals surface area contributed by atoms with E-state index in [0.29, 0.717) is 25.6 Å². The van der Waals surface area contributed by atoms with Crippen molar-refractivity contribution in [1.29, 1.82) is 0 Å². The van der Waals surface area contributed by atoms with Gasteiger partial charge in [0.05, 0.1) is 13.2 Å². The van der Waals surface area contributed by atoms with Crippen molar-refractivity contribution in [3.05, 3.63) is 16.6 Å². The first-order chi connectivity index (χ1) is 10.2. The SMILES string of the molecule is CN1CCCC[C@@H]1CCC(=O)N(CCO)Cc1nccs1. The van der Waals surface area contributed by atoms with Crippen molar-refractivity contribution in [3.8, 4) is 0 Å². The maximum atomic E-state index is 12.4. The van der Waals surface area contributed by atoms with Gasteiger partial charge in [-0.05, 0) is 32.9 Å². The highest BCUT2D eigenvalue weighted by atomic mass is 32.1. The molecule has 0 spiro atoms. The number of rotatable bonds is 7. The van der Waals surface area contributed by atoms with Crippen LogP contribution < -0.4 is 0 Å². The van der Waals surface area contributed by atoms with Crippen molar-refractivity contribution in [2.24, 2.45) is 0 Å². The molecule has 2 rings (SSSR count). The predicted octanol–water partition coefficient (Wildman–Crippen LogP) is 1.73. The lowest BCUT2D eigenvalue weighted by Gasteiger charge is -2.32. The van der Waals surface area contributed by atoms with Gasteiger partial charge in [-0.3, -0.25) is 4.79 Å². The monoisotopic (exact) mass is 311 g/mol. The van der Waals surface area contributed by atoms with Crippen LogP contribution in [0.2, 0.25) is 0 Å². The van der Waals surface area contributed by atoms with E-state index in [4.69, 9.17) is 5.11 Å². The lowest BCUT2D eigenvalue weighted by atomic mass is 9.98. The highest BCUT2D eigenvalue weighted by Crippen LogP contribution is 2.20. The second-order valence-corrected chi connectivity index (χ2v) is 6.61. The van der Waals surface area contributed by atoms with Crippen LogP contribution in [0.5, 0.6) is 0 Å². The van der Waals surface area contributed by atoms with Crippen LogP contribution in [-0.4, -0.2) is 58.6 Å². The van der Waals surface area contributed by atoms with E-state index in [9.17, 15) is 4.79 Å². The summed E-state index contributed by atoms with van der Waals surface area (Å²) in [4.78, 5) is 20.7. The van der Waals surface area contributed by atoms with Crippen LogP contribution in [0.25, 0.3) is 0 Å². The molecule has 1 fully saturated rings. The number of aromatic nitrogens is 1. The molecule has 1 aromatic heterocycles. The molecule has 1 aliphatic heterocycles. The average Bonchev–Trinajstić information content (AvgIpc) is 2.99. The van der Waals surface area contributed by atoms with Crippen molar-refractivity contribution in [2.45, 2.75) is 44.7 Å². The maximum Gasteiger partial charge on any atom is 0.223 e. The molecule has 0 aliphatic carbocycles. The number of amides is 1. The first-order valence-electron chi connectivity index (χ1n) is 7.68. The van der Waals surface area contributed by atoms with Gasteiger partial charge in [0.15, 0.2) is 0 Å². The van der Waals surface area contributed by atoms with E-state index in [1.165, 1.54) is 19.3 Å². The molecule has 0 saturated carbocycles. The van der Waals surface area contributed by atoms with E-state index in [1.807, 2.05) is 5.38 Å². The Balaban J connectivity index is 1.83. The van der Waals surface area contributed by atoms with Crippen molar-refractivity contribution >= 4 is 17.2 Å². The number of thiazole rings is 1. The van der Waals surface area contributed by atoms with Crippen LogP contribution >= 0.6 is 11.3 Å². The topological polar surface area (TPSA) is 56.7 Å². The van der Waals surface area contributed by atoms with E-state index in [-0.39, 0.29) is 12.5 Å². The summed E-state index contributed by atoms with van der Waals surface area (Å²) in [6, 6.07) is 0.526. The van der Waals surface area contributed by atoms with Gasteiger partial charge in [-0.1, -0.05) is 6.42 Å². The molecule has 21 heavy (non-hydrogen) atoms. The molecule has 0 bridgehead atoms. The van der Waals surface area contributed by atoms with Gasteiger partial charge < -0.3 is 14.9 Å². The van der Waals surface area contributed by atoms with Crippen LogP contribution in [0.1, 0.15) is 37.1 Å². The summed E-state index contributed by atoms with van der Waals surface area (Å²) >= 11 is 1.55. The van der Waals surface area contributed by atoms with Gasteiger partial charge in [0.2, 0.25) is 5.91 Å². The molecule has 1 aromatic rings. The summed E-state index contributed by atoms with van der Waals surface area (Å²) in [5.41, 5.74) is 0. The Kier molecular flexibility index (Phi) is 6.60. The molecule has 1 N–H and O–H groups in total. The van der Waals surface area contributed by atoms with Crippen LogP contribution in [0.3, 0.4) is 0 Å². The van der Waals surface area contributed by atoms with E-state index in [0.717, 1.165) is 18.0 Å². The number of carbonyl (C=O) groups is 1. The van der Waals surface area contributed by atoms with Gasteiger partial charge in [-0.2, -0.15) is 0 Å². The van der Waals surface area contributed by atoms with Gasteiger partial charge in [0.1, 0.15) is 5.01 Å². The molecule has 1 atom stereocenters. The smallest absolute Gasteiger partial charge is 0.223 e. The summed E-state index contributed by atoms with van der Waals surface area (Å²) < 4.78 is 0. The van der Waals surface area contributed by atoms with E-state index >= 15 is 0 Å².